The van der Waals surface area contributed by atoms with Crippen LogP contribution in [-0.4, -0.2) is 41.8 Å². The summed E-state index contributed by atoms with van der Waals surface area (Å²) in [5.74, 6) is -0.724. The maximum Gasteiger partial charge on any atom is 0.284 e. The normalized spacial score (nSPS) is 9.95. The third-order valence-corrected chi connectivity index (χ3v) is 3.34. The van der Waals surface area contributed by atoms with Crippen LogP contribution in [0.25, 0.3) is 0 Å². The molecule has 0 bridgehead atoms. The number of nitrogens with zero attached hydrogens (tertiary/aromatic N) is 2. The molecule has 0 fully saturated rings. The van der Waals surface area contributed by atoms with Gasteiger partial charge < -0.3 is 10.2 Å². The number of nitro benzene ring substituents is 1. The summed E-state index contributed by atoms with van der Waals surface area (Å²) in [5, 5.41) is 13.3. The zero-order chi connectivity index (χ0) is 15.3. The number of amides is 2. The highest BCUT2D eigenvalue weighted by molar-refractivity contribution is 9.10. The van der Waals surface area contributed by atoms with E-state index in [0.29, 0.717) is 11.0 Å². The van der Waals surface area contributed by atoms with Crippen LogP contribution in [0.3, 0.4) is 0 Å². The van der Waals surface area contributed by atoms with Crippen LogP contribution in [0, 0.1) is 10.1 Å². The molecule has 0 atom stereocenters. The Morgan fingerprint density at radius 1 is 1.45 bits per heavy atom. The number of carbonyl (C=O) groups is 2. The van der Waals surface area contributed by atoms with Crippen LogP contribution in [0.1, 0.15) is 17.3 Å². The molecule has 0 saturated carbocycles. The number of carbonyl (C=O) groups excluding carboxylic acids is 2. The molecule has 8 heteroatoms. The number of hydrogen-bond donors (Lipinski definition) is 1. The molecule has 0 unspecified atom stereocenters. The van der Waals surface area contributed by atoms with Gasteiger partial charge in [0.2, 0.25) is 5.91 Å². The minimum absolute atomic E-state index is 0.0876. The molecule has 1 aromatic rings. The van der Waals surface area contributed by atoms with E-state index in [4.69, 9.17) is 0 Å². The average molecular weight is 344 g/mol. The fraction of sp³-hybridized carbons (Fsp3) is 0.333. The van der Waals surface area contributed by atoms with E-state index < -0.39 is 10.8 Å². The predicted molar refractivity (Wildman–Crippen MR) is 76.4 cm³/mol. The van der Waals surface area contributed by atoms with Crippen molar-refractivity contribution < 1.29 is 14.5 Å². The van der Waals surface area contributed by atoms with E-state index in [-0.39, 0.29) is 23.7 Å². The van der Waals surface area contributed by atoms with Crippen molar-refractivity contribution in [3.8, 4) is 0 Å². The Hall–Kier alpha value is -1.96. The van der Waals surface area contributed by atoms with Crippen molar-refractivity contribution >= 4 is 33.4 Å². The lowest BCUT2D eigenvalue weighted by Gasteiger charge is -2.19. The molecule has 0 aliphatic rings. The van der Waals surface area contributed by atoms with Gasteiger partial charge in [-0.15, -0.1) is 0 Å². The smallest absolute Gasteiger partial charge is 0.284 e. The van der Waals surface area contributed by atoms with Crippen molar-refractivity contribution in [2.24, 2.45) is 0 Å². The minimum Gasteiger partial charge on any atom is -0.358 e. The van der Waals surface area contributed by atoms with Gasteiger partial charge in [-0.25, -0.2) is 0 Å². The van der Waals surface area contributed by atoms with Crippen LogP contribution in [0.15, 0.2) is 22.7 Å². The Kier molecular flexibility index (Phi) is 5.63. The van der Waals surface area contributed by atoms with Gasteiger partial charge in [-0.2, -0.15) is 0 Å². The second-order valence-corrected chi connectivity index (χ2v) is 4.77. The molecule has 1 N–H and O–H groups in total. The molecule has 0 aromatic heterocycles. The molecule has 1 rings (SSSR count). The summed E-state index contributed by atoms with van der Waals surface area (Å²) in [6.45, 7) is 1.97. The fourth-order valence-electron chi connectivity index (χ4n) is 1.55. The van der Waals surface area contributed by atoms with E-state index in [9.17, 15) is 19.7 Å². The monoisotopic (exact) mass is 343 g/mol. The standard InChI is InChI=1S/C12H14BrN3O4/c1-3-15(7-11(17)14-2)12(18)8-4-5-9(13)10(6-8)16(19)20/h4-6H,3,7H2,1-2H3,(H,14,17). The summed E-state index contributed by atoms with van der Waals surface area (Å²) in [6, 6.07) is 4.12. The zero-order valence-corrected chi connectivity index (χ0v) is 12.6. The Bertz CT molecular complexity index is 548. The molecule has 108 valence electrons. The van der Waals surface area contributed by atoms with E-state index >= 15 is 0 Å². The first-order valence-corrected chi connectivity index (χ1v) is 6.63. The molecule has 7 nitrogen and oxygen atoms in total. The molecule has 0 radical (unpaired) electrons. The van der Waals surface area contributed by atoms with E-state index in [0.717, 1.165) is 0 Å². The molecule has 0 aliphatic heterocycles. The fourth-order valence-corrected chi connectivity index (χ4v) is 1.94. The molecule has 0 heterocycles. The van der Waals surface area contributed by atoms with Crippen LogP contribution in [-0.2, 0) is 4.79 Å². The first-order valence-electron chi connectivity index (χ1n) is 5.84. The molecule has 0 spiro atoms. The van der Waals surface area contributed by atoms with E-state index in [1.165, 1.54) is 30.1 Å². The summed E-state index contributed by atoms with van der Waals surface area (Å²) in [5.41, 5.74) is -0.0162. The number of benzene rings is 1. The van der Waals surface area contributed by atoms with Gasteiger partial charge in [-0.05, 0) is 35.0 Å². The summed E-state index contributed by atoms with van der Waals surface area (Å²) in [7, 11) is 1.48. The van der Waals surface area contributed by atoms with Gasteiger partial charge in [-0.3, -0.25) is 19.7 Å². The first-order chi connectivity index (χ1) is 9.40. The third kappa shape index (κ3) is 3.77. The van der Waals surface area contributed by atoms with E-state index in [1.54, 1.807) is 6.92 Å². The van der Waals surface area contributed by atoms with Gasteiger partial charge >= 0.3 is 0 Å². The van der Waals surface area contributed by atoms with Gasteiger partial charge in [0.15, 0.2) is 0 Å². The molecule has 0 saturated heterocycles. The van der Waals surface area contributed by atoms with Crippen LogP contribution in [0.4, 0.5) is 5.69 Å². The highest BCUT2D eigenvalue weighted by atomic mass is 79.9. The number of halogens is 1. The SMILES string of the molecule is CCN(CC(=O)NC)C(=O)c1ccc(Br)c([N+](=O)[O-])c1. The summed E-state index contributed by atoms with van der Waals surface area (Å²) < 4.78 is 0.299. The highest BCUT2D eigenvalue weighted by Crippen LogP contribution is 2.26. The third-order valence-electron chi connectivity index (χ3n) is 2.67. The number of nitrogens with one attached hydrogen (secondary N) is 1. The molecule has 20 heavy (non-hydrogen) atoms. The van der Waals surface area contributed by atoms with E-state index in [2.05, 4.69) is 21.2 Å². The molecular weight excluding hydrogens is 330 g/mol. The van der Waals surface area contributed by atoms with Crippen molar-refractivity contribution in [3.05, 3.63) is 38.3 Å². The topological polar surface area (TPSA) is 92.6 Å². The van der Waals surface area contributed by atoms with Crippen molar-refractivity contribution in [2.75, 3.05) is 20.1 Å². The second-order valence-electron chi connectivity index (χ2n) is 3.92. The van der Waals surface area contributed by atoms with Gasteiger partial charge in [-0.1, -0.05) is 0 Å². The van der Waals surface area contributed by atoms with Crippen molar-refractivity contribution in [3.63, 3.8) is 0 Å². The van der Waals surface area contributed by atoms with Crippen LogP contribution in [0.2, 0.25) is 0 Å². The molecule has 2 amide bonds. The average Bonchev–Trinajstić information content (AvgIpc) is 2.43. The quantitative estimate of drug-likeness (QED) is 0.648. The maximum atomic E-state index is 12.2. The van der Waals surface area contributed by atoms with Crippen LogP contribution < -0.4 is 5.32 Å². The van der Waals surface area contributed by atoms with Gasteiger partial charge in [0.05, 0.1) is 15.9 Å². The summed E-state index contributed by atoms with van der Waals surface area (Å²) in [4.78, 5) is 35.1. The minimum atomic E-state index is -0.574. The number of likely N-dealkylation sites (N-methyl/N-ethyl adjacent to an activating group) is 2. The summed E-state index contributed by atoms with van der Waals surface area (Å²) >= 11 is 3.06. The first kappa shape index (κ1) is 16.1. The van der Waals surface area contributed by atoms with Gasteiger partial charge in [0, 0.05) is 25.2 Å². The highest BCUT2D eigenvalue weighted by Gasteiger charge is 2.20. The Morgan fingerprint density at radius 3 is 2.60 bits per heavy atom. The predicted octanol–water partition coefficient (Wildman–Crippen LogP) is 1.57. The van der Waals surface area contributed by atoms with Crippen LogP contribution >= 0.6 is 15.9 Å². The van der Waals surface area contributed by atoms with Crippen molar-refractivity contribution in [1.29, 1.82) is 0 Å². The van der Waals surface area contributed by atoms with Crippen LogP contribution in [0.5, 0.6) is 0 Å². The lowest BCUT2D eigenvalue weighted by atomic mass is 10.1. The number of rotatable bonds is 5. The lowest BCUT2D eigenvalue weighted by molar-refractivity contribution is -0.385. The lowest BCUT2D eigenvalue weighted by Crippen LogP contribution is -2.39. The summed E-state index contributed by atoms with van der Waals surface area (Å²) in [6.07, 6.45) is 0. The molecular formula is C12H14BrN3O4. The van der Waals surface area contributed by atoms with Crippen molar-refractivity contribution in [1.82, 2.24) is 10.2 Å². The van der Waals surface area contributed by atoms with Gasteiger partial charge in [0.1, 0.15) is 0 Å². The van der Waals surface area contributed by atoms with Gasteiger partial charge in [0.25, 0.3) is 11.6 Å². The number of nitro groups is 1. The second kappa shape index (κ2) is 6.99. The zero-order valence-electron chi connectivity index (χ0n) is 11.1. The molecule has 1 aromatic carbocycles. The Balaban J connectivity index is 3.04. The van der Waals surface area contributed by atoms with E-state index in [1.807, 2.05) is 0 Å². The van der Waals surface area contributed by atoms with Crippen molar-refractivity contribution in [2.45, 2.75) is 6.92 Å². The Morgan fingerprint density at radius 2 is 2.10 bits per heavy atom. The molecule has 0 aliphatic carbocycles. The number of hydrogen-bond acceptors (Lipinski definition) is 4. The maximum absolute atomic E-state index is 12.2. The Labute approximate surface area is 124 Å². The largest absolute Gasteiger partial charge is 0.358 e.